The lowest BCUT2D eigenvalue weighted by molar-refractivity contribution is -0.137. The first-order chi connectivity index (χ1) is 12.4. The molecule has 0 bridgehead atoms. The quantitative estimate of drug-likeness (QED) is 0.810. The van der Waals surface area contributed by atoms with Gasteiger partial charge in [-0.15, -0.1) is 0 Å². The summed E-state index contributed by atoms with van der Waals surface area (Å²) in [6.07, 6.45) is -3.84. The zero-order valence-corrected chi connectivity index (χ0v) is 14.4. The van der Waals surface area contributed by atoms with Crippen molar-refractivity contribution in [2.45, 2.75) is 11.7 Å². The van der Waals surface area contributed by atoms with Gasteiger partial charge in [-0.05, 0) is 11.6 Å². The van der Waals surface area contributed by atoms with Crippen LogP contribution < -0.4 is 0 Å². The number of hydrogen-bond donors (Lipinski definition) is 0. The van der Waals surface area contributed by atoms with Crippen LogP contribution in [0.4, 0.5) is 13.2 Å². The van der Waals surface area contributed by atoms with E-state index in [1.165, 1.54) is 0 Å². The van der Waals surface area contributed by atoms with Gasteiger partial charge in [0.05, 0.1) is 35.6 Å². The van der Waals surface area contributed by atoms with E-state index in [1.807, 2.05) is 4.90 Å². The fourth-order valence-corrected chi connectivity index (χ4v) is 3.40. The molecule has 1 aliphatic heterocycles. The van der Waals surface area contributed by atoms with Crippen LogP contribution in [0.2, 0.25) is 5.02 Å². The number of aromatic nitrogens is 1. The molecule has 0 unspecified atom stereocenters. The third-order valence-electron chi connectivity index (χ3n) is 4.35. The number of halogens is 4. The molecule has 2 heterocycles. The van der Waals surface area contributed by atoms with E-state index in [1.54, 1.807) is 30.3 Å². The summed E-state index contributed by atoms with van der Waals surface area (Å²) in [4.78, 5) is 5.82. The molecule has 0 aliphatic carbocycles. The van der Waals surface area contributed by atoms with Gasteiger partial charge in [-0.2, -0.15) is 18.4 Å². The van der Waals surface area contributed by atoms with Crippen molar-refractivity contribution in [2.75, 3.05) is 26.3 Å². The summed E-state index contributed by atoms with van der Waals surface area (Å²) in [5.41, 5.74) is -1.67. The van der Waals surface area contributed by atoms with E-state index in [0.717, 1.165) is 12.3 Å². The predicted molar refractivity (Wildman–Crippen MR) is 89.5 cm³/mol. The number of rotatable bonds is 3. The van der Waals surface area contributed by atoms with Crippen molar-refractivity contribution in [2.24, 2.45) is 0 Å². The average Bonchev–Trinajstić information content (AvgIpc) is 2.65. The van der Waals surface area contributed by atoms with Gasteiger partial charge in [0.25, 0.3) is 0 Å². The van der Waals surface area contributed by atoms with Crippen LogP contribution in [0.1, 0.15) is 16.8 Å². The number of hydrogen-bond acceptors (Lipinski definition) is 4. The normalized spacial score (nSPS) is 18.1. The van der Waals surface area contributed by atoms with E-state index < -0.39 is 17.3 Å². The molecule has 0 spiro atoms. The van der Waals surface area contributed by atoms with E-state index in [9.17, 15) is 18.4 Å². The molecule has 1 aromatic heterocycles. The summed E-state index contributed by atoms with van der Waals surface area (Å²) >= 11 is 6.20. The molecule has 2 aromatic rings. The van der Waals surface area contributed by atoms with E-state index in [4.69, 9.17) is 16.3 Å². The topological polar surface area (TPSA) is 49.2 Å². The number of alkyl halides is 3. The molecular formula is C18H15ClF3N3O. The molecule has 1 atom stereocenters. The first-order valence-electron chi connectivity index (χ1n) is 7.92. The number of benzene rings is 1. The molecule has 136 valence electrons. The van der Waals surface area contributed by atoms with Gasteiger partial charge < -0.3 is 4.74 Å². The van der Waals surface area contributed by atoms with Crippen LogP contribution in [-0.4, -0.2) is 36.2 Å². The minimum atomic E-state index is -4.56. The van der Waals surface area contributed by atoms with Gasteiger partial charge in [0.1, 0.15) is 0 Å². The lowest BCUT2D eigenvalue weighted by Crippen LogP contribution is -2.52. The minimum Gasteiger partial charge on any atom is -0.379 e. The van der Waals surface area contributed by atoms with E-state index >= 15 is 0 Å². The Balaban J connectivity index is 2.20. The molecule has 1 saturated heterocycles. The molecule has 1 aliphatic rings. The SMILES string of the molecule is N#C[C@](c1ccccc1)(c1ncc(C(F)(F)F)cc1Cl)N1CCOCC1. The van der Waals surface area contributed by atoms with Crippen LogP contribution >= 0.6 is 11.6 Å². The van der Waals surface area contributed by atoms with Gasteiger partial charge in [-0.1, -0.05) is 41.9 Å². The van der Waals surface area contributed by atoms with Crippen LogP contribution in [0.25, 0.3) is 0 Å². The minimum absolute atomic E-state index is 0.0859. The second-order valence-electron chi connectivity index (χ2n) is 5.84. The van der Waals surface area contributed by atoms with E-state index in [-0.39, 0.29) is 10.7 Å². The average molecular weight is 382 g/mol. The molecule has 1 fully saturated rings. The molecule has 0 amide bonds. The first-order valence-corrected chi connectivity index (χ1v) is 8.30. The van der Waals surface area contributed by atoms with Gasteiger partial charge in [0.15, 0.2) is 5.54 Å². The van der Waals surface area contributed by atoms with Crippen LogP contribution in [0.5, 0.6) is 0 Å². The summed E-state index contributed by atoms with van der Waals surface area (Å²) < 4.78 is 44.2. The third-order valence-corrected chi connectivity index (χ3v) is 4.64. The Morgan fingerprint density at radius 3 is 2.31 bits per heavy atom. The van der Waals surface area contributed by atoms with Gasteiger partial charge in [-0.25, -0.2) is 0 Å². The number of nitrogens with zero attached hydrogens (tertiary/aromatic N) is 3. The third kappa shape index (κ3) is 3.28. The summed E-state index contributed by atoms with van der Waals surface area (Å²) in [6.45, 7) is 1.69. The molecule has 3 rings (SSSR count). The Kier molecular flexibility index (Phi) is 5.19. The Labute approximate surface area is 153 Å². The van der Waals surface area contributed by atoms with Crippen molar-refractivity contribution in [1.29, 1.82) is 5.26 Å². The fraction of sp³-hybridized carbons (Fsp3) is 0.333. The monoisotopic (exact) mass is 381 g/mol. The smallest absolute Gasteiger partial charge is 0.379 e. The summed E-state index contributed by atoms with van der Waals surface area (Å²) in [6, 6.07) is 11.9. The highest BCUT2D eigenvalue weighted by atomic mass is 35.5. The standard InChI is InChI=1S/C18H15ClF3N3O/c19-15-10-14(18(20,21)22)11-24-16(15)17(12-23,13-4-2-1-3-5-13)25-6-8-26-9-7-25/h1-5,10-11H,6-9H2/t17-/m0/s1. The lowest BCUT2D eigenvalue weighted by Gasteiger charge is -2.41. The molecule has 1 aromatic carbocycles. The fourth-order valence-electron chi connectivity index (χ4n) is 3.09. The van der Waals surface area contributed by atoms with Crippen LogP contribution in [0.3, 0.4) is 0 Å². The summed E-state index contributed by atoms with van der Waals surface area (Å²) in [5, 5.41) is 9.94. The summed E-state index contributed by atoms with van der Waals surface area (Å²) in [7, 11) is 0. The Morgan fingerprint density at radius 2 is 1.77 bits per heavy atom. The number of pyridine rings is 1. The maximum atomic E-state index is 13.0. The maximum absolute atomic E-state index is 13.0. The van der Waals surface area contributed by atoms with Gasteiger partial charge in [0, 0.05) is 19.3 Å². The molecule has 0 radical (unpaired) electrons. The second-order valence-corrected chi connectivity index (χ2v) is 6.25. The first kappa shape index (κ1) is 18.6. The highest BCUT2D eigenvalue weighted by Crippen LogP contribution is 2.40. The Morgan fingerprint density at radius 1 is 1.12 bits per heavy atom. The van der Waals surface area contributed by atoms with Gasteiger partial charge >= 0.3 is 6.18 Å². The zero-order valence-electron chi connectivity index (χ0n) is 13.6. The Bertz CT molecular complexity index is 817. The van der Waals surface area contributed by atoms with Crippen LogP contribution in [0.15, 0.2) is 42.6 Å². The number of ether oxygens (including phenoxy) is 1. The van der Waals surface area contributed by atoms with Crippen molar-refractivity contribution in [1.82, 2.24) is 9.88 Å². The number of morpholine rings is 1. The van der Waals surface area contributed by atoms with Crippen molar-refractivity contribution in [3.8, 4) is 6.07 Å². The predicted octanol–water partition coefficient (Wildman–Crippen LogP) is 3.85. The number of nitriles is 1. The molecule has 0 N–H and O–H groups in total. The van der Waals surface area contributed by atoms with E-state index in [2.05, 4.69) is 11.1 Å². The molecule has 26 heavy (non-hydrogen) atoms. The largest absolute Gasteiger partial charge is 0.417 e. The van der Waals surface area contributed by atoms with Crippen molar-refractivity contribution < 1.29 is 17.9 Å². The van der Waals surface area contributed by atoms with Crippen molar-refractivity contribution in [3.63, 3.8) is 0 Å². The zero-order chi connectivity index (χ0) is 18.8. The Hall–Kier alpha value is -2.14. The van der Waals surface area contributed by atoms with Gasteiger partial charge in [0.2, 0.25) is 0 Å². The maximum Gasteiger partial charge on any atom is 0.417 e. The van der Waals surface area contributed by atoms with Gasteiger partial charge in [-0.3, -0.25) is 9.88 Å². The highest BCUT2D eigenvalue weighted by molar-refractivity contribution is 6.31. The molecular weight excluding hydrogens is 367 g/mol. The highest BCUT2D eigenvalue weighted by Gasteiger charge is 2.45. The molecule has 0 saturated carbocycles. The van der Waals surface area contributed by atoms with Crippen LogP contribution in [0, 0.1) is 11.3 Å². The van der Waals surface area contributed by atoms with Crippen LogP contribution in [-0.2, 0) is 16.5 Å². The molecule has 4 nitrogen and oxygen atoms in total. The van der Waals surface area contributed by atoms with Crippen molar-refractivity contribution in [3.05, 3.63) is 64.4 Å². The van der Waals surface area contributed by atoms with E-state index in [0.29, 0.717) is 31.9 Å². The summed E-state index contributed by atoms with van der Waals surface area (Å²) in [5.74, 6) is 0. The molecule has 8 heteroatoms. The second kappa shape index (κ2) is 7.23. The lowest BCUT2D eigenvalue weighted by atomic mass is 9.85. The van der Waals surface area contributed by atoms with Crippen molar-refractivity contribution >= 4 is 11.6 Å².